The molecule has 2 atom stereocenters. The summed E-state index contributed by atoms with van der Waals surface area (Å²) in [6.45, 7) is 8.49. The minimum Gasteiger partial charge on any atom is -0.494 e. The summed E-state index contributed by atoms with van der Waals surface area (Å²) in [7, 11) is 0. The number of benzene rings is 1. The topological polar surface area (TPSA) is 21.3 Å². The molecule has 1 aliphatic heterocycles. The molecule has 0 bridgehead atoms. The second kappa shape index (κ2) is 4.88. The van der Waals surface area contributed by atoms with Gasteiger partial charge < -0.3 is 10.1 Å². The summed E-state index contributed by atoms with van der Waals surface area (Å²) in [6.07, 6.45) is 1.06. The molecule has 1 aromatic carbocycles. The summed E-state index contributed by atoms with van der Waals surface area (Å²) in [5, 5.41) is 3.52. The Balaban J connectivity index is 2.25. The Kier molecular flexibility index (Phi) is 3.49. The molecule has 88 valence electrons. The van der Waals surface area contributed by atoms with Gasteiger partial charge in [0.1, 0.15) is 5.75 Å². The van der Waals surface area contributed by atoms with Crippen LogP contribution in [0.4, 0.5) is 0 Å². The molecule has 2 heteroatoms. The summed E-state index contributed by atoms with van der Waals surface area (Å²) in [6, 6.07) is 6.96. The van der Waals surface area contributed by atoms with Crippen LogP contribution < -0.4 is 10.1 Å². The maximum Gasteiger partial charge on any atom is 0.119 e. The van der Waals surface area contributed by atoms with E-state index in [1.54, 1.807) is 0 Å². The highest BCUT2D eigenvalue weighted by Gasteiger charge is 2.21. The predicted octanol–water partition coefficient (Wildman–Crippen LogP) is 3.24. The van der Waals surface area contributed by atoms with E-state index in [2.05, 4.69) is 44.3 Å². The van der Waals surface area contributed by atoms with E-state index in [0.29, 0.717) is 12.0 Å². The SMILES string of the molecule is CCCOc1ccc2c(c1)C(C)NCC2C. The third-order valence-corrected chi connectivity index (χ3v) is 3.26. The first kappa shape index (κ1) is 11.5. The smallest absolute Gasteiger partial charge is 0.119 e. The van der Waals surface area contributed by atoms with Gasteiger partial charge in [-0.15, -0.1) is 0 Å². The van der Waals surface area contributed by atoms with Crippen LogP contribution in [0.2, 0.25) is 0 Å². The molecular weight excluding hydrogens is 198 g/mol. The highest BCUT2D eigenvalue weighted by Crippen LogP contribution is 2.32. The van der Waals surface area contributed by atoms with Crippen molar-refractivity contribution < 1.29 is 4.74 Å². The van der Waals surface area contributed by atoms with Crippen molar-refractivity contribution in [2.24, 2.45) is 0 Å². The Morgan fingerprint density at radius 3 is 2.88 bits per heavy atom. The van der Waals surface area contributed by atoms with E-state index in [1.807, 2.05) is 0 Å². The molecule has 0 radical (unpaired) electrons. The number of hydrogen-bond acceptors (Lipinski definition) is 2. The van der Waals surface area contributed by atoms with E-state index in [-0.39, 0.29) is 0 Å². The number of hydrogen-bond donors (Lipinski definition) is 1. The van der Waals surface area contributed by atoms with Crippen LogP contribution in [0, 0.1) is 0 Å². The molecule has 0 aromatic heterocycles. The Labute approximate surface area is 98.0 Å². The van der Waals surface area contributed by atoms with Gasteiger partial charge in [0.25, 0.3) is 0 Å². The summed E-state index contributed by atoms with van der Waals surface area (Å²) in [5.41, 5.74) is 2.86. The molecule has 2 unspecified atom stereocenters. The molecule has 16 heavy (non-hydrogen) atoms. The van der Waals surface area contributed by atoms with Gasteiger partial charge in [0, 0.05) is 12.6 Å². The fourth-order valence-electron chi connectivity index (χ4n) is 2.26. The molecule has 0 spiro atoms. The molecule has 1 aliphatic rings. The van der Waals surface area contributed by atoms with Crippen molar-refractivity contribution in [3.63, 3.8) is 0 Å². The van der Waals surface area contributed by atoms with E-state index in [9.17, 15) is 0 Å². The fourth-order valence-corrected chi connectivity index (χ4v) is 2.26. The van der Waals surface area contributed by atoms with Gasteiger partial charge in [-0.1, -0.05) is 19.9 Å². The Morgan fingerprint density at radius 2 is 2.12 bits per heavy atom. The highest BCUT2D eigenvalue weighted by atomic mass is 16.5. The zero-order valence-corrected chi connectivity index (χ0v) is 10.4. The second-order valence-corrected chi connectivity index (χ2v) is 4.67. The van der Waals surface area contributed by atoms with Crippen LogP contribution in [-0.4, -0.2) is 13.2 Å². The van der Waals surface area contributed by atoms with Gasteiger partial charge in [0.05, 0.1) is 6.61 Å². The standard InChI is InChI=1S/C14H21NO/c1-4-7-16-12-5-6-13-10(2)9-15-11(3)14(13)8-12/h5-6,8,10-11,15H,4,7,9H2,1-3H3. The maximum atomic E-state index is 5.68. The van der Waals surface area contributed by atoms with Crippen molar-refractivity contribution in [3.05, 3.63) is 29.3 Å². The minimum absolute atomic E-state index is 0.441. The molecule has 2 nitrogen and oxygen atoms in total. The Morgan fingerprint density at radius 1 is 1.31 bits per heavy atom. The first-order chi connectivity index (χ1) is 7.72. The molecule has 0 fully saturated rings. The van der Waals surface area contributed by atoms with Crippen LogP contribution >= 0.6 is 0 Å². The molecule has 0 amide bonds. The lowest BCUT2D eigenvalue weighted by Gasteiger charge is -2.29. The van der Waals surface area contributed by atoms with Crippen molar-refractivity contribution >= 4 is 0 Å². The van der Waals surface area contributed by atoms with Gasteiger partial charge in [0.15, 0.2) is 0 Å². The van der Waals surface area contributed by atoms with E-state index in [4.69, 9.17) is 4.74 Å². The fraction of sp³-hybridized carbons (Fsp3) is 0.571. The van der Waals surface area contributed by atoms with E-state index in [1.165, 1.54) is 11.1 Å². The summed E-state index contributed by atoms with van der Waals surface area (Å²) >= 11 is 0. The third kappa shape index (κ3) is 2.22. The molecule has 0 saturated heterocycles. The average Bonchev–Trinajstić information content (AvgIpc) is 2.31. The van der Waals surface area contributed by atoms with Gasteiger partial charge >= 0.3 is 0 Å². The van der Waals surface area contributed by atoms with Gasteiger partial charge in [-0.05, 0) is 42.5 Å². The van der Waals surface area contributed by atoms with Gasteiger partial charge in [-0.2, -0.15) is 0 Å². The maximum absolute atomic E-state index is 5.68. The lowest BCUT2D eigenvalue weighted by atomic mass is 9.88. The second-order valence-electron chi connectivity index (χ2n) is 4.67. The van der Waals surface area contributed by atoms with Crippen LogP contribution in [0.25, 0.3) is 0 Å². The van der Waals surface area contributed by atoms with E-state index in [0.717, 1.165) is 25.3 Å². The third-order valence-electron chi connectivity index (χ3n) is 3.26. The van der Waals surface area contributed by atoms with Crippen LogP contribution in [-0.2, 0) is 0 Å². The molecule has 1 N–H and O–H groups in total. The zero-order valence-electron chi connectivity index (χ0n) is 10.4. The number of rotatable bonds is 3. The van der Waals surface area contributed by atoms with Crippen molar-refractivity contribution in [2.75, 3.05) is 13.2 Å². The van der Waals surface area contributed by atoms with Gasteiger partial charge in [-0.3, -0.25) is 0 Å². The Hall–Kier alpha value is -1.02. The van der Waals surface area contributed by atoms with Crippen LogP contribution in [0.5, 0.6) is 5.75 Å². The van der Waals surface area contributed by atoms with Gasteiger partial charge in [0.2, 0.25) is 0 Å². The quantitative estimate of drug-likeness (QED) is 0.842. The first-order valence-corrected chi connectivity index (χ1v) is 6.22. The summed E-state index contributed by atoms with van der Waals surface area (Å²) in [4.78, 5) is 0. The van der Waals surface area contributed by atoms with Gasteiger partial charge in [-0.25, -0.2) is 0 Å². The van der Waals surface area contributed by atoms with Crippen molar-refractivity contribution in [3.8, 4) is 5.75 Å². The van der Waals surface area contributed by atoms with E-state index < -0.39 is 0 Å². The predicted molar refractivity (Wildman–Crippen MR) is 67.1 cm³/mol. The Bertz CT molecular complexity index is 362. The average molecular weight is 219 g/mol. The molecule has 1 heterocycles. The number of ether oxygens (including phenoxy) is 1. The summed E-state index contributed by atoms with van der Waals surface area (Å²) in [5.74, 6) is 1.61. The van der Waals surface area contributed by atoms with Crippen LogP contribution in [0.1, 0.15) is 50.3 Å². The highest BCUT2D eigenvalue weighted by molar-refractivity contribution is 5.41. The molecule has 0 aliphatic carbocycles. The molecular formula is C14H21NO. The monoisotopic (exact) mass is 219 g/mol. The lowest BCUT2D eigenvalue weighted by Crippen LogP contribution is -2.30. The normalized spacial score (nSPS) is 23.9. The van der Waals surface area contributed by atoms with Crippen LogP contribution in [0.3, 0.4) is 0 Å². The molecule has 0 saturated carbocycles. The molecule has 2 rings (SSSR count). The number of nitrogens with one attached hydrogen (secondary N) is 1. The van der Waals surface area contributed by atoms with E-state index >= 15 is 0 Å². The van der Waals surface area contributed by atoms with Crippen molar-refractivity contribution in [1.29, 1.82) is 0 Å². The largest absolute Gasteiger partial charge is 0.494 e. The lowest BCUT2D eigenvalue weighted by molar-refractivity contribution is 0.316. The van der Waals surface area contributed by atoms with Crippen molar-refractivity contribution in [1.82, 2.24) is 5.32 Å². The summed E-state index contributed by atoms with van der Waals surface area (Å²) < 4.78 is 5.68. The first-order valence-electron chi connectivity index (χ1n) is 6.22. The van der Waals surface area contributed by atoms with Crippen LogP contribution in [0.15, 0.2) is 18.2 Å². The molecule has 1 aromatic rings. The number of fused-ring (bicyclic) bond motifs is 1. The van der Waals surface area contributed by atoms with Crippen molar-refractivity contribution in [2.45, 2.75) is 39.2 Å². The minimum atomic E-state index is 0.441. The zero-order chi connectivity index (χ0) is 11.5.